The molecule has 0 aliphatic carbocycles. The molecule has 1 saturated heterocycles. The van der Waals surface area contributed by atoms with Crippen LogP contribution in [0.15, 0.2) is 30.5 Å². The Labute approximate surface area is 189 Å². The molecule has 1 aliphatic rings. The van der Waals surface area contributed by atoms with Gasteiger partial charge in [0, 0.05) is 31.7 Å². The number of carbonyl (C=O) groups excluding carboxylic acids is 1. The van der Waals surface area contributed by atoms with E-state index in [1.807, 2.05) is 12.1 Å². The molecule has 1 aliphatic heterocycles. The summed E-state index contributed by atoms with van der Waals surface area (Å²) in [5.41, 5.74) is 1.01. The van der Waals surface area contributed by atoms with Crippen molar-refractivity contribution in [2.75, 3.05) is 57.2 Å². The van der Waals surface area contributed by atoms with Gasteiger partial charge in [-0.1, -0.05) is 25.4 Å². The van der Waals surface area contributed by atoms with Crippen LogP contribution in [-0.2, 0) is 0 Å². The minimum Gasteiger partial charge on any atom is -0.493 e. The number of amides is 1. The van der Waals surface area contributed by atoms with Gasteiger partial charge in [0.2, 0.25) is 0 Å². The van der Waals surface area contributed by atoms with Crippen LogP contribution in [0.2, 0.25) is 5.02 Å². The van der Waals surface area contributed by atoms with Gasteiger partial charge < -0.3 is 24.6 Å². The second-order valence-corrected chi connectivity index (χ2v) is 8.58. The number of methoxy groups -OCH3 is 1. The largest absolute Gasteiger partial charge is 0.493 e. The number of hydrogen-bond donors (Lipinski definition) is 1. The van der Waals surface area contributed by atoms with Crippen LogP contribution in [0, 0.1) is 5.92 Å². The summed E-state index contributed by atoms with van der Waals surface area (Å²) < 4.78 is 11.2. The van der Waals surface area contributed by atoms with E-state index in [0.717, 1.165) is 38.4 Å². The van der Waals surface area contributed by atoms with E-state index in [1.165, 1.54) is 7.11 Å². The number of likely N-dealkylation sites (N-methyl/N-ethyl adjacent to an activating group) is 1. The summed E-state index contributed by atoms with van der Waals surface area (Å²) >= 11 is 6.39. The number of anilines is 2. The van der Waals surface area contributed by atoms with Crippen LogP contribution in [0.3, 0.4) is 0 Å². The number of aromatic nitrogens is 1. The van der Waals surface area contributed by atoms with E-state index in [4.69, 9.17) is 21.1 Å². The maximum absolute atomic E-state index is 12.8. The molecule has 1 N–H and O–H groups in total. The number of nitrogens with zero attached hydrogens (tertiary/aromatic N) is 3. The average molecular weight is 447 g/mol. The smallest absolute Gasteiger partial charge is 0.255 e. The van der Waals surface area contributed by atoms with Crippen LogP contribution >= 0.6 is 11.6 Å². The Morgan fingerprint density at radius 1 is 1.23 bits per heavy atom. The van der Waals surface area contributed by atoms with E-state index in [0.29, 0.717) is 40.3 Å². The average Bonchev–Trinajstić information content (AvgIpc) is 2.75. The molecule has 168 valence electrons. The summed E-state index contributed by atoms with van der Waals surface area (Å²) in [6.45, 7) is 8.70. The Balaban J connectivity index is 1.66. The van der Waals surface area contributed by atoms with Gasteiger partial charge in [-0.3, -0.25) is 4.79 Å². The SMILES string of the molecule is COc1cc(C(=O)Nc2ccc(N3CCN(C)CC3)nc2)cc(Cl)c1OCCC(C)C. The van der Waals surface area contributed by atoms with Gasteiger partial charge in [-0.2, -0.15) is 0 Å². The Morgan fingerprint density at radius 2 is 1.97 bits per heavy atom. The topological polar surface area (TPSA) is 66.9 Å². The molecule has 7 nitrogen and oxygen atoms in total. The number of ether oxygens (including phenoxy) is 2. The van der Waals surface area contributed by atoms with E-state index in [1.54, 1.807) is 18.3 Å². The molecule has 1 fully saturated rings. The van der Waals surface area contributed by atoms with Crippen molar-refractivity contribution in [1.29, 1.82) is 0 Å². The standard InChI is InChI=1S/C23H31ClN4O3/c1-16(2)7-12-31-22-19(24)13-17(14-20(22)30-4)23(29)26-18-5-6-21(25-15-18)28-10-8-27(3)9-11-28/h5-6,13-16H,7-12H2,1-4H3,(H,26,29). The number of halogens is 1. The van der Waals surface area contributed by atoms with E-state index in [2.05, 4.69) is 41.0 Å². The molecule has 0 radical (unpaired) electrons. The van der Waals surface area contributed by atoms with Crippen molar-refractivity contribution >= 4 is 29.0 Å². The molecule has 1 aromatic heterocycles. The maximum Gasteiger partial charge on any atom is 0.255 e. The van der Waals surface area contributed by atoms with Crippen molar-refractivity contribution in [3.05, 3.63) is 41.0 Å². The molecule has 0 bridgehead atoms. The van der Waals surface area contributed by atoms with Crippen LogP contribution in [0.4, 0.5) is 11.5 Å². The molecular weight excluding hydrogens is 416 g/mol. The molecule has 0 atom stereocenters. The highest BCUT2D eigenvalue weighted by Gasteiger charge is 2.18. The third-order valence-corrected chi connectivity index (χ3v) is 5.55. The first-order valence-electron chi connectivity index (χ1n) is 10.6. The van der Waals surface area contributed by atoms with Crippen molar-refractivity contribution in [3.63, 3.8) is 0 Å². The molecule has 1 amide bonds. The predicted molar refractivity (Wildman–Crippen MR) is 125 cm³/mol. The third-order valence-electron chi connectivity index (χ3n) is 5.27. The highest BCUT2D eigenvalue weighted by Crippen LogP contribution is 2.37. The van der Waals surface area contributed by atoms with E-state index >= 15 is 0 Å². The van der Waals surface area contributed by atoms with Crippen molar-refractivity contribution in [3.8, 4) is 11.5 Å². The Bertz CT molecular complexity index is 881. The van der Waals surface area contributed by atoms with Crippen LogP contribution in [-0.4, -0.2) is 62.7 Å². The normalized spacial score (nSPS) is 14.6. The summed E-state index contributed by atoms with van der Waals surface area (Å²) in [6.07, 6.45) is 2.58. The molecule has 0 unspecified atom stereocenters. The lowest BCUT2D eigenvalue weighted by molar-refractivity contribution is 0.102. The van der Waals surface area contributed by atoms with Crippen LogP contribution in [0.1, 0.15) is 30.6 Å². The van der Waals surface area contributed by atoms with Gasteiger partial charge in [0.25, 0.3) is 5.91 Å². The lowest BCUT2D eigenvalue weighted by Crippen LogP contribution is -2.44. The van der Waals surface area contributed by atoms with E-state index in [-0.39, 0.29) is 5.91 Å². The van der Waals surface area contributed by atoms with Crippen molar-refractivity contribution in [2.24, 2.45) is 5.92 Å². The quantitative estimate of drug-likeness (QED) is 0.656. The molecule has 31 heavy (non-hydrogen) atoms. The number of nitrogens with one attached hydrogen (secondary N) is 1. The molecule has 8 heteroatoms. The number of piperazine rings is 1. The fraction of sp³-hybridized carbons (Fsp3) is 0.478. The number of rotatable bonds is 8. The number of benzene rings is 1. The second-order valence-electron chi connectivity index (χ2n) is 8.17. The first kappa shape index (κ1) is 23.2. The molecule has 0 saturated carbocycles. The van der Waals surface area contributed by atoms with Crippen LogP contribution in [0.25, 0.3) is 0 Å². The molecule has 1 aromatic carbocycles. The zero-order valence-electron chi connectivity index (χ0n) is 18.7. The van der Waals surface area contributed by atoms with Gasteiger partial charge >= 0.3 is 0 Å². The van der Waals surface area contributed by atoms with Gasteiger partial charge in [-0.15, -0.1) is 0 Å². The van der Waals surface area contributed by atoms with Gasteiger partial charge in [-0.25, -0.2) is 4.98 Å². The maximum atomic E-state index is 12.8. The van der Waals surface area contributed by atoms with E-state index in [9.17, 15) is 4.79 Å². The molecular formula is C23H31ClN4O3. The zero-order valence-corrected chi connectivity index (χ0v) is 19.4. The van der Waals surface area contributed by atoms with Gasteiger partial charge in [0.1, 0.15) is 5.82 Å². The Kier molecular flexibility index (Phi) is 7.98. The van der Waals surface area contributed by atoms with Crippen molar-refractivity contribution < 1.29 is 14.3 Å². The predicted octanol–water partition coefficient (Wildman–Crippen LogP) is 4.17. The third kappa shape index (κ3) is 6.24. The molecule has 2 heterocycles. The second kappa shape index (κ2) is 10.7. The summed E-state index contributed by atoms with van der Waals surface area (Å²) in [6, 6.07) is 7.02. The number of pyridine rings is 1. The highest BCUT2D eigenvalue weighted by atomic mass is 35.5. The van der Waals surface area contributed by atoms with Crippen molar-refractivity contribution in [1.82, 2.24) is 9.88 Å². The zero-order chi connectivity index (χ0) is 22.4. The molecule has 2 aromatic rings. The summed E-state index contributed by atoms with van der Waals surface area (Å²) in [5, 5.41) is 3.21. The van der Waals surface area contributed by atoms with Crippen LogP contribution < -0.4 is 19.7 Å². The first-order chi connectivity index (χ1) is 14.9. The summed E-state index contributed by atoms with van der Waals surface area (Å²) in [7, 11) is 3.65. The van der Waals surface area contributed by atoms with Gasteiger partial charge in [-0.05, 0) is 43.7 Å². The number of hydrogen-bond acceptors (Lipinski definition) is 6. The molecule has 0 spiro atoms. The Morgan fingerprint density at radius 3 is 2.58 bits per heavy atom. The van der Waals surface area contributed by atoms with Crippen molar-refractivity contribution in [2.45, 2.75) is 20.3 Å². The van der Waals surface area contributed by atoms with Gasteiger partial charge in [0.05, 0.1) is 30.6 Å². The summed E-state index contributed by atoms with van der Waals surface area (Å²) in [5.74, 6) is 2.04. The highest BCUT2D eigenvalue weighted by molar-refractivity contribution is 6.32. The number of carbonyl (C=O) groups is 1. The lowest BCUT2D eigenvalue weighted by atomic mass is 10.1. The van der Waals surface area contributed by atoms with Gasteiger partial charge in [0.15, 0.2) is 11.5 Å². The first-order valence-corrected chi connectivity index (χ1v) is 11.0. The Hall–Kier alpha value is -2.51. The fourth-order valence-corrected chi connectivity index (χ4v) is 3.54. The minimum absolute atomic E-state index is 0.289. The summed E-state index contributed by atoms with van der Waals surface area (Å²) in [4.78, 5) is 21.8. The fourth-order valence-electron chi connectivity index (χ4n) is 3.27. The molecule has 3 rings (SSSR count). The van der Waals surface area contributed by atoms with Crippen LogP contribution in [0.5, 0.6) is 11.5 Å². The lowest BCUT2D eigenvalue weighted by Gasteiger charge is -2.33. The monoisotopic (exact) mass is 446 g/mol. The minimum atomic E-state index is -0.289. The van der Waals surface area contributed by atoms with E-state index < -0.39 is 0 Å².